The van der Waals surface area contributed by atoms with Gasteiger partial charge >= 0.3 is 18.6 Å². The second-order valence-corrected chi connectivity index (χ2v) is 4.74. The third-order valence-corrected chi connectivity index (χ3v) is 2.96. The zero-order valence-electron chi connectivity index (χ0n) is 14.2. The predicted octanol–water partition coefficient (Wildman–Crippen LogP) is 1.70. The molecule has 0 heterocycles. The molecule has 1 rings (SSSR count). The molecule has 0 spiro atoms. The molecule has 0 aliphatic carbocycles. The van der Waals surface area contributed by atoms with Crippen molar-refractivity contribution in [1.29, 1.82) is 0 Å². The van der Waals surface area contributed by atoms with Gasteiger partial charge in [0.2, 0.25) is 0 Å². The van der Waals surface area contributed by atoms with E-state index in [9.17, 15) is 23.2 Å². The summed E-state index contributed by atoms with van der Waals surface area (Å²) in [5, 5.41) is 4.12. The van der Waals surface area contributed by atoms with Gasteiger partial charge in [0.05, 0.1) is 7.11 Å². The summed E-state index contributed by atoms with van der Waals surface area (Å²) >= 11 is 0. The van der Waals surface area contributed by atoms with Crippen LogP contribution in [0.5, 0.6) is 11.5 Å². The number of amides is 3. The third kappa shape index (κ3) is 6.38. The highest BCUT2D eigenvalue weighted by molar-refractivity contribution is 5.98. The summed E-state index contributed by atoms with van der Waals surface area (Å²) in [7, 11) is 2.59. The van der Waals surface area contributed by atoms with Crippen molar-refractivity contribution in [2.24, 2.45) is 0 Å². The van der Waals surface area contributed by atoms with Gasteiger partial charge in [0.15, 0.2) is 17.6 Å². The van der Waals surface area contributed by atoms with E-state index in [2.05, 4.69) is 10.1 Å². The lowest BCUT2D eigenvalue weighted by Crippen LogP contribution is -2.43. The van der Waals surface area contributed by atoms with Crippen LogP contribution >= 0.6 is 0 Å². The number of imide groups is 1. The quantitative estimate of drug-likeness (QED) is 0.558. The molecule has 10 heteroatoms. The molecule has 26 heavy (non-hydrogen) atoms. The number of alkyl halides is 2. The highest BCUT2D eigenvalue weighted by Crippen LogP contribution is 2.33. The molecule has 142 valence electrons. The zero-order chi connectivity index (χ0) is 19.7. The number of benzene rings is 1. The maximum absolute atomic E-state index is 12.5. The zero-order valence-corrected chi connectivity index (χ0v) is 14.2. The number of halogens is 2. The minimum Gasteiger partial charge on any atom is -0.493 e. The Labute approximate surface area is 148 Å². The Bertz CT molecular complexity index is 693. The van der Waals surface area contributed by atoms with E-state index in [1.807, 2.05) is 5.32 Å². The molecule has 0 aromatic heterocycles. The van der Waals surface area contributed by atoms with E-state index in [0.717, 1.165) is 6.08 Å². The van der Waals surface area contributed by atoms with E-state index in [4.69, 9.17) is 9.47 Å². The lowest BCUT2D eigenvalue weighted by atomic mass is 10.1. The summed E-state index contributed by atoms with van der Waals surface area (Å²) < 4.78 is 39.2. The van der Waals surface area contributed by atoms with Crippen molar-refractivity contribution in [3.63, 3.8) is 0 Å². The Morgan fingerprint density at radius 2 is 1.92 bits per heavy atom. The van der Waals surface area contributed by atoms with Crippen LogP contribution in [0.2, 0.25) is 0 Å². The largest absolute Gasteiger partial charge is 0.493 e. The predicted molar refractivity (Wildman–Crippen MR) is 86.8 cm³/mol. The van der Waals surface area contributed by atoms with E-state index in [0.29, 0.717) is 0 Å². The number of carbonyl (C=O) groups excluding carboxylic acids is 3. The van der Waals surface area contributed by atoms with Gasteiger partial charge in [-0.3, -0.25) is 10.1 Å². The average Bonchev–Trinajstić information content (AvgIpc) is 2.59. The van der Waals surface area contributed by atoms with E-state index >= 15 is 0 Å². The average molecular weight is 372 g/mol. The molecule has 1 aromatic carbocycles. The van der Waals surface area contributed by atoms with Gasteiger partial charge in [0.25, 0.3) is 5.91 Å². The van der Waals surface area contributed by atoms with Crippen LogP contribution in [0.3, 0.4) is 0 Å². The molecule has 0 bridgehead atoms. The lowest BCUT2D eigenvalue weighted by Gasteiger charge is -2.13. The molecule has 3 amide bonds. The SMILES string of the molecule is CNC(=O)NC(=O)[C@@H](C)OC(=O)/C=C/c1cccc(OC)c1OC(F)F. The van der Waals surface area contributed by atoms with Gasteiger partial charge in [0, 0.05) is 18.7 Å². The second-order valence-electron chi connectivity index (χ2n) is 4.74. The molecule has 1 aromatic rings. The maximum atomic E-state index is 12.5. The minimum absolute atomic E-state index is 0.0548. The van der Waals surface area contributed by atoms with E-state index in [-0.39, 0.29) is 17.1 Å². The molecular weight excluding hydrogens is 354 g/mol. The fourth-order valence-corrected chi connectivity index (χ4v) is 1.74. The van der Waals surface area contributed by atoms with Crippen LogP contribution in [0.4, 0.5) is 13.6 Å². The normalized spacial score (nSPS) is 11.8. The van der Waals surface area contributed by atoms with Crippen molar-refractivity contribution in [2.45, 2.75) is 19.6 Å². The van der Waals surface area contributed by atoms with Gasteiger partial charge < -0.3 is 19.5 Å². The first kappa shape index (κ1) is 20.9. The molecule has 0 unspecified atom stereocenters. The Morgan fingerprint density at radius 3 is 2.50 bits per heavy atom. The number of ether oxygens (including phenoxy) is 3. The fourth-order valence-electron chi connectivity index (χ4n) is 1.74. The number of urea groups is 1. The van der Waals surface area contributed by atoms with Crippen molar-refractivity contribution in [2.75, 3.05) is 14.2 Å². The first-order chi connectivity index (χ1) is 12.3. The maximum Gasteiger partial charge on any atom is 0.387 e. The highest BCUT2D eigenvalue weighted by Gasteiger charge is 2.19. The fraction of sp³-hybridized carbons (Fsp3) is 0.312. The Hall–Kier alpha value is -3.17. The van der Waals surface area contributed by atoms with Crippen LogP contribution in [0.25, 0.3) is 6.08 Å². The number of hydrogen-bond donors (Lipinski definition) is 2. The number of hydrogen-bond acceptors (Lipinski definition) is 6. The molecular formula is C16H18F2N2O6. The smallest absolute Gasteiger partial charge is 0.387 e. The van der Waals surface area contributed by atoms with Gasteiger partial charge in [-0.2, -0.15) is 8.78 Å². The number of para-hydroxylation sites is 1. The van der Waals surface area contributed by atoms with Crippen molar-refractivity contribution in [1.82, 2.24) is 10.6 Å². The first-order valence-electron chi connectivity index (χ1n) is 7.31. The minimum atomic E-state index is -3.08. The van der Waals surface area contributed by atoms with Gasteiger partial charge in [-0.25, -0.2) is 9.59 Å². The van der Waals surface area contributed by atoms with Crippen LogP contribution in [-0.2, 0) is 14.3 Å². The molecule has 2 N–H and O–H groups in total. The van der Waals surface area contributed by atoms with Gasteiger partial charge in [-0.05, 0) is 19.1 Å². The third-order valence-electron chi connectivity index (χ3n) is 2.96. The Kier molecular flexibility index (Phi) is 8.00. The highest BCUT2D eigenvalue weighted by atomic mass is 19.3. The van der Waals surface area contributed by atoms with E-state index < -0.39 is 30.6 Å². The van der Waals surface area contributed by atoms with Crippen molar-refractivity contribution < 1.29 is 37.4 Å². The summed E-state index contributed by atoms with van der Waals surface area (Å²) in [6.07, 6.45) is 0.856. The topological polar surface area (TPSA) is 103 Å². The van der Waals surface area contributed by atoms with Gasteiger partial charge in [-0.15, -0.1) is 0 Å². The summed E-state index contributed by atoms with van der Waals surface area (Å²) in [4.78, 5) is 34.4. The van der Waals surface area contributed by atoms with Crippen LogP contribution in [0.1, 0.15) is 12.5 Å². The number of methoxy groups -OCH3 is 1. The monoisotopic (exact) mass is 372 g/mol. The molecule has 0 saturated carbocycles. The standard InChI is InChI=1S/C16H18F2N2O6/c1-9(14(22)20-16(23)19-2)25-12(21)8-7-10-5-4-6-11(24-3)13(10)26-15(17)18/h4-9,15H,1-3H3,(H2,19,20,22,23)/b8-7+/t9-/m1/s1. The number of nitrogens with one attached hydrogen (secondary N) is 2. The number of rotatable bonds is 7. The number of carbonyl (C=O) groups is 3. The van der Waals surface area contributed by atoms with Crippen LogP contribution < -0.4 is 20.1 Å². The van der Waals surface area contributed by atoms with Crippen molar-refractivity contribution in [3.05, 3.63) is 29.8 Å². The summed E-state index contributed by atoms with van der Waals surface area (Å²) in [5.74, 6) is -1.94. The summed E-state index contributed by atoms with van der Waals surface area (Å²) in [6, 6.07) is 3.60. The summed E-state index contributed by atoms with van der Waals surface area (Å²) in [5.41, 5.74) is 0.143. The molecule has 0 saturated heterocycles. The first-order valence-corrected chi connectivity index (χ1v) is 7.31. The number of esters is 1. The Morgan fingerprint density at radius 1 is 1.23 bits per heavy atom. The molecule has 8 nitrogen and oxygen atoms in total. The summed E-state index contributed by atoms with van der Waals surface area (Å²) in [6.45, 7) is -1.82. The van der Waals surface area contributed by atoms with Crippen LogP contribution in [0, 0.1) is 0 Å². The van der Waals surface area contributed by atoms with Gasteiger partial charge in [-0.1, -0.05) is 12.1 Å². The second kappa shape index (κ2) is 9.97. The van der Waals surface area contributed by atoms with Crippen molar-refractivity contribution in [3.8, 4) is 11.5 Å². The molecule has 0 fully saturated rings. The van der Waals surface area contributed by atoms with Gasteiger partial charge in [0.1, 0.15) is 0 Å². The molecule has 1 atom stereocenters. The molecule has 0 aliphatic rings. The molecule has 0 radical (unpaired) electrons. The van der Waals surface area contributed by atoms with E-state index in [1.54, 1.807) is 0 Å². The Balaban J connectivity index is 2.82. The van der Waals surface area contributed by atoms with Crippen molar-refractivity contribution >= 4 is 24.0 Å². The lowest BCUT2D eigenvalue weighted by molar-refractivity contribution is -0.149. The van der Waals surface area contributed by atoms with E-state index in [1.165, 1.54) is 45.4 Å². The van der Waals surface area contributed by atoms with Crippen LogP contribution in [-0.4, -0.2) is 44.8 Å². The van der Waals surface area contributed by atoms with Crippen LogP contribution in [0.15, 0.2) is 24.3 Å². The molecule has 0 aliphatic heterocycles.